The van der Waals surface area contributed by atoms with E-state index in [-0.39, 0.29) is 5.91 Å². The highest BCUT2D eigenvalue weighted by Gasteiger charge is 2.25. The number of aryl methyl sites for hydroxylation is 1. The molecule has 1 aromatic heterocycles. The van der Waals surface area contributed by atoms with Crippen LogP contribution in [0.2, 0.25) is 5.02 Å². The maximum Gasteiger partial charge on any atom is 0.272 e. The molecule has 1 aliphatic carbocycles. The normalized spacial score (nSPS) is 14.4. The van der Waals surface area contributed by atoms with Gasteiger partial charge in [-0.05, 0) is 36.6 Å². The van der Waals surface area contributed by atoms with Crippen molar-refractivity contribution in [3.05, 3.63) is 41.0 Å². The molecule has 19 heavy (non-hydrogen) atoms. The Kier molecular flexibility index (Phi) is 3.03. The van der Waals surface area contributed by atoms with Crippen LogP contribution in [0.3, 0.4) is 0 Å². The van der Waals surface area contributed by atoms with Gasteiger partial charge in [-0.3, -0.25) is 9.48 Å². The van der Waals surface area contributed by atoms with Gasteiger partial charge in [0, 0.05) is 18.1 Å². The van der Waals surface area contributed by atoms with Crippen molar-refractivity contribution in [1.82, 2.24) is 15.1 Å². The molecular formula is C14H14ClN3O. The van der Waals surface area contributed by atoms with Crippen molar-refractivity contribution < 1.29 is 4.79 Å². The summed E-state index contributed by atoms with van der Waals surface area (Å²) in [4.78, 5) is 11.9. The molecule has 0 radical (unpaired) electrons. The summed E-state index contributed by atoms with van der Waals surface area (Å²) in [6, 6.07) is 9.64. The molecule has 1 amide bonds. The van der Waals surface area contributed by atoms with E-state index < -0.39 is 0 Å². The molecule has 1 aromatic carbocycles. The van der Waals surface area contributed by atoms with Crippen LogP contribution < -0.4 is 5.32 Å². The van der Waals surface area contributed by atoms with E-state index in [9.17, 15) is 4.79 Å². The van der Waals surface area contributed by atoms with Crippen LogP contribution in [-0.4, -0.2) is 21.7 Å². The van der Waals surface area contributed by atoms with Gasteiger partial charge in [-0.15, -0.1) is 0 Å². The number of hydrogen-bond acceptors (Lipinski definition) is 2. The van der Waals surface area contributed by atoms with E-state index in [4.69, 9.17) is 11.6 Å². The van der Waals surface area contributed by atoms with Crippen LogP contribution in [0.5, 0.6) is 0 Å². The lowest BCUT2D eigenvalue weighted by Crippen LogP contribution is -2.25. The Hall–Kier alpha value is -1.81. The van der Waals surface area contributed by atoms with Crippen molar-refractivity contribution in [3.8, 4) is 11.3 Å². The molecule has 0 atom stereocenters. The Morgan fingerprint density at radius 1 is 1.37 bits per heavy atom. The number of aromatic nitrogens is 2. The summed E-state index contributed by atoms with van der Waals surface area (Å²) >= 11 is 5.87. The maximum absolute atomic E-state index is 11.9. The van der Waals surface area contributed by atoms with E-state index in [1.54, 1.807) is 10.7 Å². The van der Waals surface area contributed by atoms with Gasteiger partial charge >= 0.3 is 0 Å². The Balaban J connectivity index is 1.87. The minimum atomic E-state index is -0.0988. The van der Waals surface area contributed by atoms with Gasteiger partial charge in [0.15, 0.2) is 5.69 Å². The minimum Gasteiger partial charge on any atom is -0.348 e. The molecule has 0 bridgehead atoms. The Morgan fingerprint density at radius 2 is 2.05 bits per heavy atom. The van der Waals surface area contributed by atoms with Gasteiger partial charge < -0.3 is 5.32 Å². The quantitative estimate of drug-likeness (QED) is 0.936. The second kappa shape index (κ2) is 4.70. The zero-order valence-corrected chi connectivity index (χ0v) is 11.3. The van der Waals surface area contributed by atoms with Crippen LogP contribution in [0.4, 0.5) is 0 Å². The van der Waals surface area contributed by atoms with E-state index in [0.717, 1.165) is 24.1 Å². The number of halogens is 1. The van der Waals surface area contributed by atoms with Crippen LogP contribution >= 0.6 is 11.6 Å². The van der Waals surface area contributed by atoms with Crippen molar-refractivity contribution in [2.45, 2.75) is 18.9 Å². The summed E-state index contributed by atoms with van der Waals surface area (Å²) in [5.74, 6) is -0.0988. The fourth-order valence-corrected chi connectivity index (χ4v) is 2.08. The van der Waals surface area contributed by atoms with Gasteiger partial charge in [-0.2, -0.15) is 5.10 Å². The average molecular weight is 276 g/mol. The lowest BCUT2D eigenvalue weighted by atomic mass is 10.1. The standard InChI is InChI=1S/C14H14ClN3O/c1-18-13(9-2-4-10(15)5-3-9)8-12(17-18)14(19)16-11-6-7-11/h2-5,8,11H,6-7H2,1H3,(H,16,19). The van der Waals surface area contributed by atoms with Crippen molar-refractivity contribution in [1.29, 1.82) is 0 Å². The van der Waals surface area contributed by atoms with E-state index in [1.807, 2.05) is 31.3 Å². The third-order valence-electron chi connectivity index (χ3n) is 3.17. The Labute approximate surface area is 116 Å². The van der Waals surface area contributed by atoms with Crippen molar-refractivity contribution in [2.75, 3.05) is 0 Å². The van der Waals surface area contributed by atoms with Gasteiger partial charge in [0.2, 0.25) is 0 Å². The first-order chi connectivity index (χ1) is 9.13. The van der Waals surface area contributed by atoms with Gasteiger partial charge in [0.1, 0.15) is 0 Å². The molecule has 2 aromatic rings. The summed E-state index contributed by atoms with van der Waals surface area (Å²) in [5, 5.41) is 7.89. The number of hydrogen-bond donors (Lipinski definition) is 1. The van der Waals surface area contributed by atoms with Crippen LogP contribution in [0, 0.1) is 0 Å². The van der Waals surface area contributed by atoms with E-state index in [1.165, 1.54) is 0 Å². The summed E-state index contributed by atoms with van der Waals surface area (Å²) in [6.45, 7) is 0. The number of nitrogens with zero attached hydrogens (tertiary/aromatic N) is 2. The first kappa shape index (κ1) is 12.2. The van der Waals surface area contributed by atoms with E-state index in [2.05, 4.69) is 10.4 Å². The fraction of sp³-hybridized carbons (Fsp3) is 0.286. The molecule has 1 N–H and O–H groups in total. The highest BCUT2D eigenvalue weighted by atomic mass is 35.5. The molecule has 1 aliphatic rings. The number of benzene rings is 1. The lowest BCUT2D eigenvalue weighted by Gasteiger charge is -2.00. The molecule has 0 aliphatic heterocycles. The number of amides is 1. The SMILES string of the molecule is Cn1nc(C(=O)NC2CC2)cc1-c1ccc(Cl)cc1. The predicted octanol–water partition coefficient (Wildman–Crippen LogP) is 2.63. The zero-order valence-electron chi connectivity index (χ0n) is 10.6. The van der Waals surface area contributed by atoms with Gasteiger partial charge in [-0.25, -0.2) is 0 Å². The molecule has 1 heterocycles. The summed E-state index contributed by atoms with van der Waals surface area (Å²) < 4.78 is 1.71. The predicted molar refractivity (Wildman–Crippen MR) is 74.1 cm³/mol. The molecule has 5 heteroatoms. The minimum absolute atomic E-state index is 0.0988. The van der Waals surface area contributed by atoms with Crippen molar-refractivity contribution >= 4 is 17.5 Å². The van der Waals surface area contributed by atoms with Crippen molar-refractivity contribution in [3.63, 3.8) is 0 Å². The van der Waals surface area contributed by atoms with Gasteiger partial charge in [-0.1, -0.05) is 23.7 Å². The van der Waals surface area contributed by atoms with E-state index >= 15 is 0 Å². The summed E-state index contributed by atoms with van der Waals surface area (Å²) in [5.41, 5.74) is 2.35. The molecule has 98 valence electrons. The third-order valence-corrected chi connectivity index (χ3v) is 3.42. The van der Waals surface area contributed by atoms with Gasteiger partial charge in [0.05, 0.1) is 5.69 Å². The number of rotatable bonds is 3. The van der Waals surface area contributed by atoms with E-state index in [0.29, 0.717) is 16.8 Å². The van der Waals surface area contributed by atoms with Crippen LogP contribution in [0.25, 0.3) is 11.3 Å². The Morgan fingerprint density at radius 3 is 2.68 bits per heavy atom. The molecule has 4 nitrogen and oxygen atoms in total. The summed E-state index contributed by atoms with van der Waals surface area (Å²) in [7, 11) is 1.83. The summed E-state index contributed by atoms with van der Waals surface area (Å²) in [6.07, 6.45) is 2.14. The lowest BCUT2D eigenvalue weighted by molar-refractivity contribution is 0.0945. The zero-order chi connectivity index (χ0) is 13.4. The fourth-order valence-electron chi connectivity index (χ4n) is 1.96. The van der Waals surface area contributed by atoms with Gasteiger partial charge in [0.25, 0.3) is 5.91 Å². The second-order valence-corrected chi connectivity index (χ2v) is 5.23. The first-order valence-corrected chi connectivity index (χ1v) is 6.62. The monoisotopic (exact) mass is 275 g/mol. The topological polar surface area (TPSA) is 46.9 Å². The molecule has 0 unspecified atom stereocenters. The highest BCUT2D eigenvalue weighted by Crippen LogP contribution is 2.23. The van der Waals surface area contributed by atoms with Crippen molar-refractivity contribution in [2.24, 2.45) is 7.05 Å². The number of carbonyl (C=O) groups is 1. The van der Waals surface area contributed by atoms with Crippen LogP contribution in [0.1, 0.15) is 23.3 Å². The first-order valence-electron chi connectivity index (χ1n) is 6.24. The molecule has 0 spiro atoms. The molecule has 1 saturated carbocycles. The third kappa shape index (κ3) is 2.63. The molecule has 3 rings (SSSR count). The highest BCUT2D eigenvalue weighted by molar-refractivity contribution is 6.30. The largest absolute Gasteiger partial charge is 0.348 e. The second-order valence-electron chi connectivity index (χ2n) is 4.79. The maximum atomic E-state index is 11.9. The smallest absolute Gasteiger partial charge is 0.272 e. The average Bonchev–Trinajstić information content (AvgIpc) is 3.11. The van der Waals surface area contributed by atoms with Crippen LogP contribution in [0.15, 0.2) is 30.3 Å². The van der Waals surface area contributed by atoms with Crippen LogP contribution in [-0.2, 0) is 7.05 Å². The molecule has 1 fully saturated rings. The Bertz CT molecular complexity index is 614. The molecule has 0 saturated heterocycles. The number of carbonyl (C=O) groups excluding carboxylic acids is 1. The number of nitrogens with one attached hydrogen (secondary N) is 1. The molecular weight excluding hydrogens is 262 g/mol.